The van der Waals surface area contributed by atoms with Crippen molar-refractivity contribution in [1.82, 2.24) is 24.4 Å². The van der Waals surface area contributed by atoms with E-state index >= 15 is 8.78 Å². The lowest BCUT2D eigenvalue weighted by Crippen LogP contribution is -2.49. The summed E-state index contributed by atoms with van der Waals surface area (Å²) in [5.74, 6) is -0.528. The van der Waals surface area contributed by atoms with E-state index in [0.29, 0.717) is 60.1 Å². The van der Waals surface area contributed by atoms with E-state index in [9.17, 15) is 9.59 Å². The molecule has 44 heavy (non-hydrogen) atoms. The van der Waals surface area contributed by atoms with Crippen LogP contribution in [0.5, 0.6) is 0 Å². The zero-order valence-electron chi connectivity index (χ0n) is 24.4. The minimum atomic E-state index is -0.730. The molecule has 2 bridgehead atoms. The van der Waals surface area contributed by atoms with Crippen molar-refractivity contribution in [3.63, 3.8) is 0 Å². The van der Waals surface area contributed by atoms with Crippen LogP contribution in [-0.4, -0.2) is 67.8 Å². The molecule has 3 aromatic heterocycles. The fraction of sp³-hybridized carbons (Fsp3) is 0.344. The number of piperazine rings is 1. The van der Waals surface area contributed by atoms with Gasteiger partial charge in [-0.25, -0.2) is 23.1 Å². The Kier molecular flexibility index (Phi) is 7.11. The van der Waals surface area contributed by atoms with Crippen molar-refractivity contribution in [3.8, 4) is 16.9 Å². The summed E-state index contributed by atoms with van der Waals surface area (Å²) < 4.78 is 33.1. The average Bonchev–Trinajstić information content (AvgIpc) is 3.81. The van der Waals surface area contributed by atoms with Crippen molar-refractivity contribution < 1.29 is 13.6 Å². The Morgan fingerprint density at radius 2 is 2.00 bits per heavy atom. The highest BCUT2D eigenvalue weighted by Gasteiger charge is 2.51. The quantitative estimate of drug-likeness (QED) is 0.317. The van der Waals surface area contributed by atoms with Crippen LogP contribution >= 0.6 is 11.8 Å². The van der Waals surface area contributed by atoms with E-state index in [-0.39, 0.29) is 40.8 Å². The van der Waals surface area contributed by atoms with E-state index in [1.54, 1.807) is 35.0 Å². The number of rotatable bonds is 3. The Labute approximate surface area is 257 Å². The summed E-state index contributed by atoms with van der Waals surface area (Å²) in [6, 6.07) is 7.61. The molecule has 2 aliphatic heterocycles. The normalized spacial score (nSPS) is 19.3. The number of amides is 1. The van der Waals surface area contributed by atoms with Crippen molar-refractivity contribution in [2.75, 3.05) is 35.6 Å². The van der Waals surface area contributed by atoms with Crippen LogP contribution in [0.2, 0.25) is 0 Å². The molecule has 1 saturated heterocycles. The Bertz CT molecular complexity index is 1900. The fourth-order valence-electron chi connectivity index (χ4n) is 6.35. The number of nitrogens with one attached hydrogen (secondary N) is 1. The molecule has 1 aromatic carbocycles. The lowest BCUT2D eigenvalue weighted by molar-refractivity contribution is -0.126. The van der Waals surface area contributed by atoms with Crippen molar-refractivity contribution in [3.05, 3.63) is 77.0 Å². The molecule has 1 saturated carbocycles. The van der Waals surface area contributed by atoms with Crippen molar-refractivity contribution >= 4 is 40.2 Å². The predicted octanol–water partition coefficient (Wildman–Crippen LogP) is 5.13. The number of benzene rings is 1. The van der Waals surface area contributed by atoms with Gasteiger partial charge in [0.25, 0.3) is 0 Å². The molecular weight excluding hydrogens is 584 g/mol. The van der Waals surface area contributed by atoms with E-state index < -0.39 is 17.3 Å². The molecule has 0 radical (unpaired) electrons. The molecule has 1 amide bonds. The van der Waals surface area contributed by atoms with Gasteiger partial charge in [-0.3, -0.25) is 9.78 Å². The Morgan fingerprint density at radius 1 is 1.16 bits per heavy atom. The van der Waals surface area contributed by atoms with E-state index in [2.05, 4.69) is 21.9 Å². The first-order valence-electron chi connectivity index (χ1n) is 14.8. The molecule has 12 heteroatoms. The van der Waals surface area contributed by atoms with Gasteiger partial charge in [-0.05, 0) is 54.9 Å². The van der Waals surface area contributed by atoms with Gasteiger partial charge >= 0.3 is 5.69 Å². The third-order valence-corrected chi connectivity index (χ3v) is 9.60. The van der Waals surface area contributed by atoms with Gasteiger partial charge in [0, 0.05) is 36.4 Å². The third kappa shape index (κ3) is 4.63. The minimum absolute atomic E-state index is 0.00506. The Morgan fingerprint density at radius 3 is 2.80 bits per heavy atom. The molecule has 9 nitrogen and oxygen atoms in total. The third-order valence-electron chi connectivity index (χ3n) is 8.47. The number of hydrogen-bond donors (Lipinski definition) is 1. The van der Waals surface area contributed by atoms with E-state index in [4.69, 9.17) is 4.98 Å². The number of anilines is 2. The summed E-state index contributed by atoms with van der Waals surface area (Å²) in [6.45, 7) is 8.96. The van der Waals surface area contributed by atoms with Gasteiger partial charge in [0.05, 0.1) is 34.4 Å². The first-order valence-corrected chi connectivity index (χ1v) is 15.7. The van der Waals surface area contributed by atoms with Gasteiger partial charge in [0.15, 0.2) is 11.5 Å². The number of halogens is 2. The molecule has 226 valence electrons. The number of fused-ring (bicyclic) bond motifs is 6. The zero-order valence-corrected chi connectivity index (χ0v) is 25.2. The summed E-state index contributed by atoms with van der Waals surface area (Å²) in [5, 5.41) is 3.59. The predicted molar refractivity (Wildman–Crippen MR) is 168 cm³/mol. The summed E-state index contributed by atoms with van der Waals surface area (Å²) in [6.07, 6.45) is 4.47. The van der Waals surface area contributed by atoms with Gasteiger partial charge in [0.1, 0.15) is 17.3 Å². The maximum atomic E-state index is 16.2. The number of thioether (sulfide) groups is 1. The van der Waals surface area contributed by atoms with Crippen molar-refractivity contribution in [1.29, 1.82) is 0 Å². The van der Waals surface area contributed by atoms with Crippen LogP contribution in [0.3, 0.4) is 0 Å². The highest BCUT2D eigenvalue weighted by Crippen LogP contribution is 2.42. The largest absolute Gasteiger partial charge is 0.384 e. The van der Waals surface area contributed by atoms with Crippen LogP contribution in [-0.2, 0) is 4.79 Å². The first-order chi connectivity index (χ1) is 21.3. The fourth-order valence-corrected chi connectivity index (χ4v) is 7.34. The smallest absolute Gasteiger partial charge is 0.355 e. The molecule has 0 unspecified atom stereocenters. The van der Waals surface area contributed by atoms with Crippen LogP contribution in [0.15, 0.2) is 58.9 Å². The minimum Gasteiger partial charge on any atom is -0.384 e. The van der Waals surface area contributed by atoms with Gasteiger partial charge in [-0.2, -0.15) is 4.98 Å². The number of aromatic nitrogens is 4. The highest BCUT2D eigenvalue weighted by atomic mass is 32.2. The van der Waals surface area contributed by atoms with Gasteiger partial charge in [0.2, 0.25) is 5.91 Å². The highest BCUT2D eigenvalue weighted by molar-refractivity contribution is 7.99. The Balaban J connectivity index is 1.53. The standard InChI is InChI=1S/C32H31F2N7O2S/c1-4-25(42)39-12-13-40(23-16-22(23)39)30-18-15-20(34)28-26-19(33)7-5-8-21(26)35-10-6-14-44-24-9-11-36-27(17(2)3)29(24)41(31(18)37-28)32(43)38-30/h4-5,7-9,11,15,17,22-23,35H,1,6,10,12-14,16H2,2-3H3/t22-,23+/m1/s1. The average molecular weight is 616 g/mol. The van der Waals surface area contributed by atoms with Gasteiger partial charge < -0.3 is 15.1 Å². The number of pyridine rings is 2. The SMILES string of the molecule is C=CC(=O)N1CCN(c2nc(=O)n3c4nc(c(F)cc24)-c2c(F)cccc2NCCCSc2ccnc(C(C)C)c2-3)[C@H]2C[C@H]21. The number of carbonyl (C=O) groups excluding carboxylic acids is 1. The second-order valence-electron chi connectivity index (χ2n) is 11.5. The molecule has 2 fully saturated rings. The lowest BCUT2D eigenvalue weighted by atomic mass is 10.1. The lowest BCUT2D eigenvalue weighted by Gasteiger charge is -2.35. The van der Waals surface area contributed by atoms with Crippen LogP contribution in [0.4, 0.5) is 20.3 Å². The van der Waals surface area contributed by atoms with E-state index in [0.717, 1.165) is 11.3 Å². The zero-order chi connectivity index (χ0) is 30.7. The monoisotopic (exact) mass is 615 g/mol. The Hall–Kier alpha value is -4.32. The van der Waals surface area contributed by atoms with E-state index in [1.165, 1.54) is 22.8 Å². The van der Waals surface area contributed by atoms with Crippen LogP contribution in [0, 0.1) is 11.6 Å². The second kappa shape index (κ2) is 11.0. The van der Waals surface area contributed by atoms with Crippen LogP contribution in [0.25, 0.3) is 28.0 Å². The van der Waals surface area contributed by atoms with Crippen LogP contribution in [0.1, 0.15) is 38.3 Å². The van der Waals surface area contributed by atoms with E-state index in [1.807, 2.05) is 24.8 Å². The molecule has 4 aromatic rings. The summed E-state index contributed by atoms with van der Waals surface area (Å²) in [5.41, 5.74) is 1.05. The van der Waals surface area contributed by atoms with Crippen molar-refractivity contribution in [2.24, 2.45) is 0 Å². The van der Waals surface area contributed by atoms with Crippen LogP contribution < -0.4 is 15.9 Å². The van der Waals surface area contributed by atoms with Gasteiger partial charge in [-0.15, -0.1) is 11.8 Å². The molecule has 1 aliphatic carbocycles. The summed E-state index contributed by atoms with van der Waals surface area (Å²) in [7, 11) is 0. The molecule has 5 heterocycles. The summed E-state index contributed by atoms with van der Waals surface area (Å²) in [4.78, 5) is 45.2. The van der Waals surface area contributed by atoms with Crippen molar-refractivity contribution in [2.45, 2.75) is 49.6 Å². The topological polar surface area (TPSA) is 96.3 Å². The molecular formula is C32H31F2N7O2S. The maximum Gasteiger partial charge on any atom is 0.355 e. The molecule has 1 N–H and O–H groups in total. The second-order valence-corrected chi connectivity index (χ2v) is 12.7. The summed E-state index contributed by atoms with van der Waals surface area (Å²) >= 11 is 1.59. The van der Waals surface area contributed by atoms with Gasteiger partial charge in [-0.1, -0.05) is 26.5 Å². The first kappa shape index (κ1) is 28.5. The molecule has 2 atom stereocenters. The molecule has 3 aliphatic rings. The molecule has 0 spiro atoms. The maximum absolute atomic E-state index is 16.2. The number of hydrogen-bond acceptors (Lipinski definition) is 8. The molecule has 7 rings (SSSR count). The number of nitrogens with zero attached hydrogens (tertiary/aromatic N) is 6. The number of carbonyl (C=O) groups is 1.